The predicted octanol–water partition coefficient (Wildman–Crippen LogP) is 1.56. The molecule has 1 aromatic carbocycles. The molecule has 0 fully saturated rings. The maximum atomic E-state index is 5.33. The summed E-state index contributed by atoms with van der Waals surface area (Å²) in [5.41, 5.74) is 2.50. The Balaban J connectivity index is 2.63. The molecule has 1 rings (SSSR count). The van der Waals surface area contributed by atoms with Gasteiger partial charge in [0, 0.05) is 6.10 Å². The van der Waals surface area contributed by atoms with Gasteiger partial charge in [0.15, 0.2) is 0 Å². The minimum absolute atomic E-state index is 0.348. The molecule has 1 aromatic rings. The highest BCUT2D eigenvalue weighted by Gasteiger charge is 1.99. The Morgan fingerprint density at radius 1 is 1.46 bits per heavy atom. The zero-order chi connectivity index (χ0) is 9.68. The van der Waals surface area contributed by atoms with Gasteiger partial charge >= 0.3 is 0 Å². The summed E-state index contributed by atoms with van der Waals surface area (Å²) < 4.78 is 5.33. The van der Waals surface area contributed by atoms with Crippen molar-refractivity contribution in [1.29, 1.82) is 0 Å². The van der Waals surface area contributed by atoms with Crippen LogP contribution >= 0.6 is 0 Å². The van der Waals surface area contributed by atoms with Crippen molar-refractivity contribution in [2.24, 2.45) is 0 Å². The lowest BCUT2D eigenvalue weighted by Gasteiger charge is -2.09. The quantitative estimate of drug-likeness (QED) is 0.658. The van der Waals surface area contributed by atoms with E-state index >= 15 is 0 Å². The molecule has 0 aliphatic rings. The van der Waals surface area contributed by atoms with Crippen molar-refractivity contribution in [3.63, 3.8) is 0 Å². The Kier molecular flexibility index (Phi) is 3.93. The van der Waals surface area contributed by atoms with Gasteiger partial charge in [-0.05, 0) is 24.5 Å². The molecule has 0 N–H and O–H groups in total. The Bertz CT molecular complexity index is 266. The third kappa shape index (κ3) is 3.17. The van der Waals surface area contributed by atoms with E-state index in [9.17, 15) is 0 Å². The smallest absolute Gasteiger partial charge is 0.146 e. The fraction of sp³-hybridized carbons (Fsp3) is 0.273. The van der Waals surface area contributed by atoms with E-state index in [1.165, 1.54) is 11.1 Å². The Labute approximate surface area is 83.0 Å². The van der Waals surface area contributed by atoms with Crippen molar-refractivity contribution < 1.29 is 4.43 Å². The lowest BCUT2D eigenvalue weighted by Crippen LogP contribution is -2.09. The number of hydrogen-bond acceptors (Lipinski definition) is 1. The van der Waals surface area contributed by atoms with Crippen molar-refractivity contribution in [3.8, 4) is 0 Å². The maximum absolute atomic E-state index is 5.33. The molecule has 0 aromatic heterocycles. The summed E-state index contributed by atoms with van der Waals surface area (Å²) in [4.78, 5) is 0. The zero-order valence-corrected chi connectivity index (χ0v) is 10.3. The lowest BCUT2D eigenvalue weighted by atomic mass is 10.1. The van der Waals surface area contributed by atoms with E-state index in [0.717, 1.165) is 16.9 Å². The van der Waals surface area contributed by atoms with Gasteiger partial charge in [-0.25, -0.2) is 0 Å². The van der Waals surface area contributed by atoms with E-state index in [4.69, 9.17) is 4.43 Å². The molecule has 0 amide bonds. The maximum Gasteiger partial charge on any atom is 0.146 e. The molecule has 0 saturated carbocycles. The van der Waals surface area contributed by atoms with Crippen molar-refractivity contribution in [1.82, 2.24) is 0 Å². The summed E-state index contributed by atoms with van der Waals surface area (Å²) in [5.74, 6) is 0. The van der Waals surface area contributed by atoms with E-state index in [2.05, 4.69) is 37.8 Å². The summed E-state index contributed by atoms with van der Waals surface area (Å²) in [6.07, 6.45) is 3.21. The summed E-state index contributed by atoms with van der Waals surface area (Å²) in [5, 5.41) is 0. The lowest BCUT2D eigenvalue weighted by molar-refractivity contribution is 0.244. The van der Waals surface area contributed by atoms with Gasteiger partial charge in [0.1, 0.15) is 10.5 Å². The van der Waals surface area contributed by atoms with Crippen molar-refractivity contribution in [2.45, 2.75) is 19.4 Å². The molecular formula is C11H16OSi. The number of rotatable bonds is 4. The van der Waals surface area contributed by atoms with Crippen LogP contribution in [0.3, 0.4) is 0 Å². The van der Waals surface area contributed by atoms with E-state index in [-0.39, 0.29) is 0 Å². The molecule has 1 unspecified atom stereocenters. The molecule has 0 saturated heterocycles. The highest BCUT2D eigenvalue weighted by molar-refractivity contribution is 5.98. The van der Waals surface area contributed by atoms with Gasteiger partial charge in [-0.15, -0.1) is 0 Å². The Hall–Kier alpha value is -0.863. The van der Waals surface area contributed by atoms with Crippen LogP contribution in [0, 0.1) is 0 Å². The molecule has 13 heavy (non-hydrogen) atoms. The van der Waals surface area contributed by atoms with Crippen molar-refractivity contribution in [2.75, 3.05) is 0 Å². The normalized spacial score (nSPS) is 12.7. The predicted molar refractivity (Wildman–Crippen MR) is 60.7 cm³/mol. The van der Waals surface area contributed by atoms with Gasteiger partial charge < -0.3 is 4.43 Å². The van der Waals surface area contributed by atoms with Crippen LogP contribution in [0.15, 0.2) is 30.8 Å². The summed E-state index contributed by atoms with van der Waals surface area (Å²) in [6.45, 7) is 5.82. The standard InChI is InChI=1S/C11H16OSi/c1-3-10-4-6-11(7-5-10)8-9(2)12-13/h3-7,9H,1,8H2,2,13H3. The number of benzene rings is 1. The van der Waals surface area contributed by atoms with Crippen LogP contribution in [-0.2, 0) is 10.8 Å². The van der Waals surface area contributed by atoms with E-state index < -0.39 is 0 Å². The largest absolute Gasteiger partial charge is 0.425 e. The molecule has 0 radical (unpaired) electrons. The van der Waals surface area contributed by atoms with Crippen LogP contribution in [-0.4, -0.2) is 16.6 Å². The summed E-state index contributed by atoms with van der Waals surface area (Å²) in [6, 6.07) is 8.44. The van der Waals surface area contributed by atoms with Gasteiger partial charge in [-0.3, -0.25) is 0 Å². The zero-order valence-electron chi connectivity index (χ0n) is 8.29. The highest BCUT2D eigenvalue weighted by atomic mass is 28.2. The van der Waals surface area contributed by atoms with Crippen LogP contribution in [0.1, 0.15) is 18.1 Å². The fourth-order valence-corrected chi connectivity index (χ4v) is 1.37. The molecular weight excluding hydrogens is 176 g/mol. The van der Waals surface area contributed by atoms with E-state index in [0.29, 0.717) is 6.10 Å². The van der Waals surface area contributed by atoms with Crippen LogP contribution in [0.25, 0.3) is 6.08 Å². The molecule has 0 aliphatic heterocycles. The van der Waals surface area contributed by atoms with Gasteiger partial charge in [-0.2, -0.15) is 0 Å². The topological polar surface area (TPSA) is 9.23 Å². The van der Waals surface area contributed by atoms with Crippen LogP contribution in [0.4, 0.5) is 0 Å². The highest BCUT2D eigenvalue weighted by Crippen LogP contribution is 2.08. The molecule has 0 spiro atoms. The SMILES string of the molecule is C=Cc1ccc(CC(C)O[SiH3])cc1. The molecule has 1 atom stereocenters. The first kappa shape index (κ1) is 10.2. The van der Waals surface area contributed by atoms with Crippen LogP contribution in [0.2, 0.25) is 0 Å². The Morgan fingerprint density at radius 3 is 2.54 bits per heavy atom. The monoisotopic (exact) mass is 192 g/mol. The second-order valence-electron chi connectivity index (χ2n) is 3.20. The van der Waals surface area contributed by atoms with E-state index in [1.54, 1.807) is 0 Å². The van der Waals surface area contributed by atoms with Gasteiger partial charge in [0.25, 0.3) is 0 Å². The minimum Gasteiger partial charge on any atom is -0.425 e. The fourth-order valence-electron chi connectivity index (χ4n) is 1.21. The first-order valence-corrected chi connectivity index (χ1v) is 5.32. The molecule has 1 nitrogen and oxygen atoms in total. The second kappa shape index (κ2) is 4.99. The average Bonchev–Trinajstić information content (AvgIpc) is 2.19. The first-order valence-electron chi connectivity index (χ1n) is 4.50. The minimum atomic E-state index is 0.348. The third-order valence-electron chi connectivity index (χ3n) is 2.14. The molecule has 2 heteroatoms. The third-order valence-corrected chi connectivity index (χ3v) is 2.95. The molecule has 0 bridgehead atoms. The van der Waals surface area contributed by atoms with Crippen molar-refractivity contribution >= 4 is 16.6 Å². The average molecular weight is 192 g/mol. The summed E-state index contributed by atoms with van der Waals surface area (Å²) >= 11 is 0. The Morgan fingerprint density at radius 2 is 2.08 bits per heavy atom. The number of hydrogen-bond donors (Lipinski definition) is 0. The molecule has 0 heterocycles. The summed E-state index contributed by atoms with van der Waals surface area (Å²) in [7, 11) is 0.816. The van der Waals surface area contributed by atoms with Crippen LogP contribution in [0.5, 0.6) is 0 Å². The first-order chi connectivity index (χ1) is 6.26. The van der Waals surface area contributed by atoms with Crippen LogP contribution < -0.4 is 0 Å². The van der Waals surface area contributed by atoms with Crippen molar-refractivity contribution in [3.05, 3.63) is 42.0 Å². The van der Waals surface area contributed by atoms with E-state index in [1.807, 2.05) is 6.08 Å². The molecule has 70 valence electrons. The van der Waals surface area contributed by atoms with Gasteiger partial charge in [-0.1, -0.05) is 36.9 Å². The van der Waals surface area contributed by atoms with Gasteiger partial charge in [0.2, 0.25) is 0 Å². The molecule has 0 aliphatic carbocycles. The second-order valence-corrected chi connectivity index (χ2v) is 3.67. The van der Waals surface area contributed by atoms with Gasteiger partial charge in [0.05, 0.1) is 0 Å².